The van der Waals surface area contributed by atoms with Crippen molar-refractivity contribution >= 4 is 17.3 Å². The minimum atomic E-state index is -0.264. The third-order valence-corrected chi connectivity index (χ3v) is 2.36. The molecule has 0 bridgehead atoms. The molecule has 0 saturated carbocycles. The van der Waals surface area contributed by atoms with Crippen LogP contribution in [0.1, 0.15) is 20.8 Å². The lowest BCUT2D eigenvalue weighted by molar-refractivity contribution is -0.126. The fraction of sp³-hybridized carbons (Fsp3) is 0.500. The van der Waals surface area contributed by atoms with Crippen molar-refractivity contribution in [2.45, 2.75) is 27.1 Å². The number of amides is 1. The van der Waals surface area contributed by atoms with Crippen LogP contribution in [-0.2, 0) is 14.3 Å². The summed E-state index contributed by atoms with van der Waals surface area (Å²) < 4.78 is 10.9. The zero-order valence-corrected chi connectivity index (χ0v) is 11.7. The number of carbonyl (C=O) groups excluding carboxylic acids is 1. The van der Waals surface area contributed by atoms with Gasteiger partial charge in [0.05, 0.1) is 6.54 Å². The van der Waals surface area contributed by atoms with Gasteiger partial charge in [0.15, 0.2) is 6.29 Å². The second-order valence-corrected chi connectivity index (χ2v) is 3.98. The van der Waals surface area contributed by atoms with Gasteiger partial charge >= 0.3 is 0 Å². The molecule has 0 heterocycles. The van der Waals surface area contributed by atoms with Crippen molar-refractivity contribution in [1.82, 2.24) is 0 Å². The minimum Gasteiger partial charge on any atom is -0.380 e. The fourth-order valence-electron chi connectivity index (χ4n) is 1.65. The Hall–Kier alpha value is -1.59. The first-order valence-electron chi connectivity index (χ1n) is 6.50. The summed E-state index contributed by atoms with van der Waals surface area (Å²) in [6.45, 7) is 7.13. The van der Waals surface area contributed by atoms with E-state index in [2.05, 4.69) is 10.6 Å². The highest BCUT2D eigenvalue weighted by Gasteiger charge is 2.07. The molecular formula is C14H22N2O3. The standard InChI is InChI=1S/C14H22N2O3/c1-4-18-14(19-5-2)10-15-12-7-6-8-13(9-12)16-11(3)17/h6-9,14-15H,4-5,10H2,1-3H3,(H,16,17). The van der Waals surface area contributed by atoms with Crippen LogP contribution in [0.4, 0.5) is 11.4 Å². The van der Waals surface area contributed by atoms with Gasteiger partial charge in [0, 0.05) is 31.5 Å². The molecule has 5 heteroatoms. The van der Waals surface area contributed by atoms with Gasteiger partial charge in [-0.15, -0.1) is 0 Å². The fourth-order valence-corrected chi connectivity index (χ4v) is 1.65. The van der Waals surface area contributed by atoms with Crippen molar-refractivity contribution in [3.05, 3.63) is 24.3 Å². The van der Waals surface area contributed by atoms with Crippen molar-refractivity contribution < 1.29 is 14.3 Å². The topological polar surface area (TPSA) is 59.6 Å². The highest BCUT2D eigenvalue weighted by Crippen LogP contribution is 2.15. The average Bonchev–Trinajstić information content (AvgIpc) is 2.36. The maximum Gasteiger partial charge on any atom is 0.221 e. The summed E-state index contributed by atoms with van der Waals surface area (Å²) in [5.41, 5.74) is 1.68. The number of hydrogen-bond donors (Lipinski definition) is 2. The lowest BCUT2D eigenvalue weighted by Crippen LogP contribution is -2.26. The first-order chi connectivity index (χ1) is 9.15. The van der Waals surface area contributed by atoms with Crippen LogP contribution < -0.4 is 10.6 Å². The van der Waals surface area contributed by atoms with Crippen LogP contribution in [0.15, 0.2) is 24.3 Å². The van der Waals surface area contributed by atoms with Gasteiger partial charge in [0.2, 0.25) is 5.91 Å². The summed E-state index contributed by atoms with van der Waals surface area (Å²) in [4.78, 5) is 11.0. The van der Waals surface area contributed by atoms with Crippen molar-refractivity contribution in [2.75, 3.05) is 30.4 Å². The van der Waals surface area contributed by atoms with Crippen molar-refractivity contribution in [1.29, 1.82) is 0 Å². The molecule has 19 heavy (non-hydrogen) atoms. The normalized spacial score (nSPS) is 10.5. The van der Waals surface area contributed by atoms with Crippen LogP contribution >= 0.6 is 0 Å². The van der Waals surface area contributed by atoms with Crippen LogP contribution in [-0.4, -0.2) is 32.0 Å². The number of ether oxygens (including phenoxy) is 2. The summed E-state index contributed by atoms with van der Waals surface area (Å²) in [6, 6.07) is 7.52. The van der Waals surface area contributed by atoms with E-state index < -0.39 is 0 Å². The summed E-state index contributed by atoms with van der Waals surface area (Å²) in [5, 5.41) is 5.97. The van der Waals surface area contributed by atoms with Crippen LogP contribution in [0.2, 0.25) is 0 Å². The van der Waals surface area contributed by atoms with Gasteiger partial charge in [-0.05, 0) is 32.0 Å². The average molecular weight is 266 g/mol. The van der Waals surface area contributed by atoms with Gasteiger partial charge < -0.3 is 20.1 Å². The SMILES string of the molecule is CCOC(CNc1cccc(NC(C)=O)c1)OCC. The number of benzene rings is 1. The van der Waals surface area contributed by atoms with E-state index in [0.29, 0.717) is 19.8 Å². The van der Waals surface area contributed by atoms with Gasteiger partial charge in [-0.25, -0.2) is 0 Å². The number of rotatable bonds is 8. The van der Waals surface area contributed by atoms with E-state index in [1.165, 1.54) is 6.92 Å². The first kappa shape index (κ1) is 15.5. The summed E-state index contributed by atoms with van der Waals surface area (Å²) in [6.07, 6.45) is -0.264. The molecular weight excluding hydrogens is 244 g/mol. The third kappa shape index (κ3) is 6.22. The Morgan fingerprint density at radius 2 is 1.84 bits per heavy atom. The maximum absolute atomic E-state index is 11.0. The molecule has 0 aliphatic heterocycles. The molecule has 0 spiro atoms. The molecule has 0 radical (unpaired) electrons. The van der Waals surface area contributed by atoms with Crippen LogP contribution in [0, 0.1) is 0 Å². The van der Waals surface area contributed by atoms with Crippen molar-refractivity contribution in [3.8, 4) is 0 Å². The summed E-state index contributed by atoms with van der Waals surface area (Å²) >= 11 is 0. The molecule has 0 unspecified atom stereocenters. The quantitative estimate of drug-likeness (QED) is 0.710. The Balaban J connectivity index is 2.53. The predicted molar refractivity (Wildman–Crippen MR) is 76.3 cm³/mol. The van der Waals surface area contributed by atoms with Gasteiger partial charge in [0.25, 0.3) is 0 Å². The molecule has 5 nitrogen and oxygen atoms in total. The maximum atomic E-state index is 11.0. The zero-order chi connectivity index (χ0) is 14.1. The molecule has 0 aliphatic carbocycles. The van der Waals surface area contributed by atoms with E-state index >= 15 is 0 Å². The molecule has 1 aromatic carbocycles. The van der Waals surface area contributed by atoms with E-state index in [1.54, 1.807) is 0 Å². The summed E-state index contributed by atoms with van der Waals surface area (Å²) in [5.74, 6) is -0.0846. The molecule has 1 amide bonds. The second-order valence-electron chi connectivity index (χ2n) is 3.98. The largest absolute Gasteiger partial charge is 0.380 e. The lowest BCUT2D eigenvalue weighted by atomic mass is 10.2. The number of hydrogen-bond acceptors (Lipinski definition) is 4. The van der Waals surface area contributed by atoms with Crippen LogP contribution in [0.3, 0.4) is 0 Å². The smallest absolute Gasteiger partial charge is 0.221 e. The third-order valence-electron chi connectivity index (χ3n) is 2.36. The molecule has 1 aromatic rings. The Labute approximate surface area is 114 Å². The van der Waals surface area contributed by atoms with E-state index in [1.807, 2.05) is 38.1 Å². The van der Waals surface area contributed by atoms with Gasteiger partial charge in [-0.2, -0.15) is 0 Å². The predicted octanol–water partition coefficient (Wildman–Crippen LogP) is 2.46. The van der Waals surface area contributed by atoms with Crippen molar-refractivity contribution in [3.63, 3.8) is 0 Å². The van der Waals surface area contributed by atoms with E-state index in [-0.39, 0.29) is 12.2 Å². The van der Waals surface area contributed by atoms with Gasteiger partial charge in [-0.1, -0.05) is 6.07 Å². The first-order valence-corrected chi connectivity index (χ1v) is 6.50. The monoisotopic (exact) mass is 266 g/mol. The van der Waals surface area contributed by atoms with Crippen LogP contribution in [0.5, 0.6) is 0 Å². The second kappa shape index (κ2) is 8.50. The minimum absolute atomic E-state index is 0.0846. The number of anilines is 2. The van der Waals surface area contributed by atoms with Crippen molar-refractivity contribution in [2.24, 2.45) is 0 Å². The van der Waals surface area contributed by atoms with Gasteiger partial charge in [0.1, 0.15) is 0 Å². The number of carbonyl (C=O) groups is 1. The molecule has 0 saturated heterocycles. The summed E-state index contributed by atoms with van der Waals surface area (Å²) in [7, 11) is 0. The number of nitrogens with one attached hydrogen (secondary N) is 2. The molecule has 1 rings (SSSR count). The Kier molecular flexibility index (Phi) is 6.92. The highest BCUT2D eigenvalue weighted by atomic mass is 16.7. The molecule has 0 fully saturated rings. The Morgan fingerprint density at radius 1 is 1.21 bits per heavy atom. The van der Waals surface area contributed by atoms with E-state index in [0.717, 1.165) is 11.4 Å². The molecule has 0 aliphatic rings. The molecule has 0 atom stereocenters. The van der Waals surface area contributed by atoms with E-state index in [9.17, 15) is 4.79 Å². The Bertz CT molecular complexity index is 390. The van der Waals surface area contributed by atoms with Crippen LogP contribution in [0.25, 0.3) is 0 Å². The zero-order valence-electron chi connectivity index (χ0n) is 11.7. The highest BCUT2D eigenvalue weighted by molar-refractivity contribution is 5.89. The lowest BCUT2D eigenvalue weighted by Gasteiger charge is -2.18. The molecule has 106 valence electrons. The van der Waals surface area contributed by atoms with E-state index in [4.69, 9.17) is 9.47 Å². The molecule has 0 aromatic heterocycles. The Morgan fingerprint density at radius 3 is 2.42 bits per heavy atom. The molecule has 2 N–H and O–H groups in total. The van der Waals surface area contributed by atoms with Gasteiger partial charge in [-0.3, -0.25) is 4.79 Å².